The molecule has 134 valence electrons. The molecule has 0 bridgehead atoms. The Bertz CT molecular complexity index is 987. The highest BCUT2D eigenvalue weighted by atomic mass is 127. The number of benzene rings is 2. The van der Waals surface area contributed by atoms with E-state index in [1.165, 1.54) is 9.13 Å². The molecule has 2 aromatic rings. The number of hydrogen-bond acceptors (Lipinski definition) is 4. The zero-order valence-electron chi connectivity index (χ0n) is 14.4. The van der Waals surface area contributed by atoms with Gasteiger partial charge in [-0.3, -0.25) is 10.1 Å². The zero-order valence-corrected chi connectivity index (χ0v) is 18.7. The van der Waals surface area contributed by atoms with Crippen LogP contribution < -0.4 is 9.64 Å². The highest BCUT2D eigenvalue weighted by molar-refractivity contribution is 14.1. The van der Waals surface area contributed by atoms with E-state index in [2.05, 4.69) is 82.1 Å². The van der Waals surface area contributed by atoms with E-state index in [1.807, 2.05) is 19.2 Å². The smallest absolute Gasteiger partial charge is 0.271 e. The second-order valence-corrected chi connectivity index (χ2v) is 9.49. The van der Waals surface area contributed by atoms with Crippen LogP contribution in [0.3, 0.4) is 0 Å². The van der Waals surface area contributed by atoms with Gasteiger partial charge in [0.1, 0.15) is 5.75 Å². The maximum absolute atomic E-state index is 11.2. The first-order valence-corrected chi connectivity index (χ1v) is 10.2. The number of likely N-dealkylation sites (N-methyl/N-ethyl adjacent to an activating group) is 1. The molecule has 0 amide bonds. The number of rotatable bonds is 1. The second-order valence-electron chi connectivity index (χ2n) is 7.08. The van der Waals surface area contributed by atoms with Crippen molar-refractivity contribution < 1.29 is 9.66 Å². The number of nitrogens with zero attached hydrogens (tertiary/aromatic N) is 2. The quantitative estimate of drug-likeness (QED) is 0.263. The number of nitro groups is 1. The largest absolute Gasteiger partial charge is 0.462 e. The number of anilines is 1. The molecule has 1 unspecified atom stereocenters. The van der Waals surface area contributed by atoms with Gasteiger partial charge in [0.05, 0.1) is 13.9 Å². The van der Waals surface area contributed by atoms with E-state index in [9.17, 15) is 10.1 Å². The van der Waals surface area contributed by atoms with E-state index in [1.54, 1.807) is 12.1 Å². The number of halogens is 2. The lowest BCUT2D eigenvalue weighted by Crippen LogP contribution is -2.58. The van der Waals surface area contributed by atoms with Crippen molar-refractivity contribution in [3.63, 3.8) is 0 Å². The van der Waals surface area contributed by atoms with Crippen LogP contribution in [0.25, 0.3) is 6.08 Å². The number of hydrogen-bond donors (Lipinski definition) is 0. The predicted molar refractivity (Wildman–Crippen MR) is 119 cm³/mol. The van der Waals surface area contributed by atoms with E-state index < -0.39 is 5.72 Å². The molecule has 0 aliphatic carbocycles. The molecule has 2 heterocycles. The molecular formula is C19H16I2N2O3. The Hall–Kier alpha value is -1.36. The lowest BCUT2D eigenvalue weighted by molar-refractivity contribution is -0.385. The van der Waals surface area contributed by atoms with E-state index >= 15 is 0 Å². The molecule has 2 aliphatic rings. The molecule has 0 aromatic heterocycles. The van der Waals surface area contributed by atoms with Crippen LogP contribution >= 0.6 is 45.2 Å². The van der Waals surface area contributed by atoms with Gasteiger partial charge in [-0.25, -0.2) is 0 Å². The molecule has 4 rings (SSSR count). The number of fused-ring (bicyclic) bond motifs is 2. The lowest BCUT2D eigenvalue weighted by atomic mass is 9.76. The molecule has 2 aliphatic heterocycles. The Morgan fingerprint density at radius 3 is 2.62 bits per heavy atom. The van der Waals surface area contributed by atoms with Gasteiger partial charge in [-0.1, -0.05) is 0 Å². The summed E-state index contributed by atoms with van der Waals surface area (Å²) in [4.78, 5) is 12.9. The summed E-state index contributed by atoms with van der Waals surface area (Å²) in [7, 11) is 2.04. The fourth-order valence-corrected chi connectivity index (χ4v) is 5.17. The van der Waals surface area contributed by atoms with Gasteiger partial charge in [-0.05, 0) is 94.9 Å². The first kappa shape index (κ1) is 18.0. The molecule has 7 heteroatoms. The van der Waals surface area contributed by atoms with E-state index in [4.69, 9.17) is 4.74 Å². The third-order valence-corrected chi connectivity index (χ3v) is 6.87. The minimum atomic E-state index is -0.678. The van der Waals surface area contributed by atoms with Crippen molar-refractivity contribution in [1.29, 1.82) is 0 Å². The molecule has 1 atom stereocenters. The van der Waals surface area contributed by atoms with E-state index in [0.717, 1.165) is 14.8 Å². The highest BCUT2D eigenvalue weighted by Crippen LogP contribution is 2.55. The molecular weight excluding hydrogens is 558 g/mol. The van der Waals surface area contributed by atoms with Crippen molar-refractivity contribution in [2.75, 3.05) is 11.9 Å². The Morgan fingerprint density at radius 2 is 1.92 bits per heavy atom. The molecule has 0 radical (unpaired) electrons. The number of ether oxygens (including phenoxy) is 1. The molecule has 0 saturated heterocycles. The Kier molecular flexibility index (Phi) is 4.03. The number of nitro benzene ring substituents is 1. The Morgan fingerprint density at radius 1 is 1.19 bits per heavy atom. The van der Waals surface area contributed by atoms with Crippen LogP contribution in [0.5, 0.6) is 5.75 Å². The van der Waals surface area contributed by atoms with Crippen molar-refractivity contribution in [3.8, 4) is 5.75 Å². The van der Waals surface area contributed by atoms with Crippen molar-refractivity contribution in [2.45, 2.75) is 25.0 Å². The summed E-state index contributed by atoms with van der Waals surface area (Å²) >= 11 is 4.44. The normalized spacial score (nSPS) is 22.1. The average Bonchev–Trinajstić information content (AvgIpc) is 2.74. The average molecular weight is 574 g/mol. The molecule has 0 fully saturated rings. The van der Waals surface area contributed by atoms with Crippen molar-refractivity contribution in [2.24, 2.45) is 0 Å². The zero-order chi connectivity index (χ0) is 18.9. The van der Waals surface area contributed by atoms with Gasteiger partial charge < -0.3 is 9.64 Å². The van der Waals surface area contributed by atoms with Gasteiger partial charge >= 0.3 is 0 Å². The minimum Gasteiger partial charge on any atom is -0.462 e. The third kappa shape index (κ3) is 2.32. The van der Waals surface area contributed by atoms with Crippen LogP contribution in [-0.4, -0.2) is 17.7 Å². The number of non-ortho nitro benzene ring substituents is 1. The molecule has 0 saturated carbocycles. The van der Waals surface area contributed by atoms with Crippen LogP contribution in [0.4, 0.5) is 11.4 Å². The van der Waals surface area contributed by atoms with Gasteiger partial charge in [0, 0.05) is 34.0 Å². The maximum atomic E-state index is 11.2. The van der Waals surface area contributed by atoms with Crippen LogP contribution in [0.2, 0.25) is 0 Å². The summed E-state index contributed by atoms with van der Waals surface area (Å²) in [5, 5.41) is 11.2. The summed E-state index contributed by atoms with van der Waals surface area (Å²) in [6.45, 7) is 4.36. The van der Waals surface area contributed by atoms with Crippen molar-refractivity contribution in [3.05, 3.63) is 64.8 Å². The van der Waals surface area contributed by atoms with Crippen LogP contribution in [0, 0.1) is 17.3 Å². The SMILES string of the molecule is CN1c2ccc(I)cc2C(C)(C)C12C=Cc1cc([N+](=O)[O-])cc(I)c1O2. The van der Waals surface area contributed by atoms with Gasteiger partial charge in [-0.15, -0.1) is 0 Å². The summed E-state index contributed by atoms with van der Waals surface area (Å²) in [5.41, 5.74) is 2.22. The van der Waals surface area contributed by atoms with Gasteiger partial charge in [0.25, 0.3) is 5.69 Å². The molecule has 26 heavy (non-hydrogen) atoms. The topological polar surface area (TPSA) is 55.6 Å². The molecule has 1 spiro atoms. The fraction of sp³-hybridized carbons (Fsp3) is 0.263. The Labute approximate surface area is 178 Å². The Balaban J connectivity index is 1.88. The molecule has 5 nitrogen and oxygen atoms in total. The van der Waals surface area contributed by atoms with Crippen LogP contribution in [0.15, 0.2) is 36.4 Å². The first-order valence-electron chi connectivity index (χ1n) is 8.07. The van der Waals surface area contributed by atoms with Crippen LogP contribution in [0.1, 0.15) is 25.0 Å². The summed E-state index contributed by atoms with van der Waals surface area (Å²) in [6.07, 6.45) is 3.98. The summed E-state index contributed by atoms with van der Waals surface area (Å²) < 4.78 is 8.53. The van der Waals surface area contributed by atoms with Gasteiger partial charge in [0.15, 0.2) is 0 Å². The summed E-state index contributed by atoms with van der Waals surface area (Å²) in [6, 6.07) is 9.55. The summed E-state index contributed by atoms with van der Waals surface area (Å²) in [5.74, 6) is 0.695. The van der Waals surface area contributed by atoms with E-state index in [-0.39, 0.29) is 16.0 Å². The van der Waals surface area contributed by atoms with Crippen molar-refractivity contribution >= 4 is 62.6 Å². The van der Waals surface area contributed by atoms with Gasteiger partial charge in [-0.2, -0.15) is 0 Å². The second kappa shape index (κ2) is 5.82. The minimum absolute atomic E-state index is 0.0780. The van der Waals surface area contributed by atoms with Crippen LogP contribution in [-0.2, 0) is 5.41 Å². The fourth-order valence-electron chi connectivity index (χ4n) is 3.94. The van der Waals surface area contributed by atoms with Gasteiger partial charge in [0.2, 0.25) is 5.72 Å². The first-order chi connectivity index (χ1) is 12.2. The lowest BCUT2D eigenvalue weighted by Gasteiger charge is -2.46. The monoisotopic (exact) mass is 574 g/mol. The third-order valence-electron chi connectivity index (χ3n) is 5.40. The molecule has 2 aromatic carbocycles. The standard InChI is InChI=1S/C19H16I2N2O3/c1-18(2)14-9-12(20)4-5-16(14)22(3)19(18)7-6-11-8-13(23(24)25)10-15(21)17(11)26-19/h4-10H,1-3H3. The van der Waals surface area contributed by atoms with Crippen molar-refractivity contribution in [1.82, 2.24) is 0 Å². The predicted octanol–water partition coefficient (Wildman–Crippen LogP) is 5.33. The highest BCUT2D eigenvalue weighted by Gasteiger charge is 2.57. The van der Waals surface area contributed by atoms with E-state index in [0.29, 0.717) is 5.75 Å². The maximum Gasteiger partial charge on any atom is 0.271 e. The molecule has 0 N–H and O–H groups in total.